The van der Waals surface area contributed by atoms with Crippen molar-refractivity contribution in [2.45, 2.75) is 60.8 Å². The second kappa shape index (κ2) is 11.0. The van der Waals surface area contributed by atoms with E-state index in [2.05, 4.69) is 45.3 Å². The number of nitrogens with one attached hydrogen (secondary N) is 2. The maximum atomic E-state index is 12.0. The first-order valence-electron chi connectivity index (χ1n) is 8.86. The average Bonchev–Trinajstić information content (AvgIpc) is 2.47. The Morgan fingerprint density at radius 1 is 1.04 bits per heavy atom. The SMILES string of the molecule is CCC(=O)N(CCC(C)C)CC(=O)NCC(=O)NCCC(C)(C)C. The van der Waals surface area contributed by atoms with Crippen molar-refractivity contribution < 1.29 is 14.4 Å². The summed E-state index contributed by atoms with van der Waals surface area (Å²) in [7, 11) is 0. The molecule has 6 heteroatoms. The van der Waals surface area contributed by atoms with Crippen molar-refractivity contribution in [3.05, 3.63) is 0 Å². The lowest BCUT2D eigenvalue weighted by atomic mass is 9.92. The molecule has 0 spiro atoms. The quantitative estimate of drug-likeness (QED) is 0.637. The van der Waals surface area contributed by atoms with Crippen molar-refractivity contribution in [3.8, 4) is 0 Å². The predicted octanol–water partition coefficient (Wildman–Crippen LogP) is 1.94. The Kier molecular flexibility index (Phi) is 10.3. The van der Waals surface area contributed by atoms with E-state index in [1.165, 1.54) is 0 Å². The topological polar surface area (TPSA) is 78.5 Å². The van der Waals surface area contributed by atoms with Crippen molar-refractivity contribution >= 4 is 17.7 Å². The first kappa shape index (κ1) is 22.4. The third kappa shape index (κ3) is 11.9. The molecule has 140 valence electrons. The fourth-order valence-electron chi connectivity index (χ4n) is 1.98. The molecule has 6 nitrogen and oxygen atoms in total. The summed E-state index contributed by atoms with van der Waals surface area (Å²) < 4.78 is 0. The second-order valence-electron chi connectivity index (χ2n) is 7.79. The van der Waals surface area contributed by atoms with E-state index in [1.807, 2.05) is 0 Å². The lowest BCUT2D eigenvalue weighted by molar-refractivity contribution is -0.136. The molecule has 0 aromatic carbocycles. The Morgan fingerprint density at radius 2 is 1.67 bits per heavy atom. The molecule has 0 saturated heterocycles. The largest absolute Gasteiger partial charge is 0.355 e. The van der Waals surface area contributed by atoms with Crippen LogP contribution in [0.25, 0.3) is 0 Å². The van der Waals surface area contributed by atoms with Crippen LogP contribution in [0.1, 0.15) is 60.8 Å². The fraction of sp³-hybridized carbons (Fsp3) is 0.833. The number of carbonyl (C=O) groups is 3. The minimum absolute atomic E-state index is 0.00860. The zero-order valence-electron chi connectivity index (χ0n) is 16.2. The van der Waals surface area contributed by atoms with Crippen LogP contribution in [0.5, 0.6) is 0 Å². The van der Waals surface area contributed by atoms with Crippen molar-refractivity contribution in [2.24, 2.45) is 11.3 Å². The molecule has 0 bridgehead atoms. The van der Waals surface area contributed by atoms with Gasteiger partial charge in [-0.3, -0.25) is 14.4 Å². The van der Waals surface area contributed by atoms with Crippen LogP contribution in [-0.2, 0) is 14.4 Å². The standard InChI is InChI=1S/C18H35N3O3/c1-7-17(24)21(11-8-14(2)3)13-16(23)20-12-15(22)19-10-9-18(4,5)6/h14H,7-13H2,1-6H3,(H,19,22)(H,20,23). The van der Waals surface area contributed by atoms with Crippen LogP contribution in [0.15, 0.2) is 0 Å². The monoisotopic (exact) mass is 341 g/mol. The van der Waals surface area contributed by atoms with E-state index in [0.717, 1.165) is 12.8 Å². The highest BCUT2D eigenvalue weighted by Gasteiger charge is 2.16. The summed E-state index contributed by atoms with van der Waals surface area (Å²) in [5.74, 6) is -0.0797. The maximum Gasteiger partial charge on any atom is 0.240 e. The van der Waals surface area contributed by atoms with Crippen LogP contribution in [-0.4, -0.2) is 48.8 Å². The minimum atomic E-state index is -0.300. The van der Waals surface area contributed by atoms with Gasteiger partial charge in [-0.15, -0.1) is 0 Å². The molecule has 0 radical (unpaired) electrons. The second-order valence-corrected chi connectivity index (χ2v) is 7.79. The molecule has 0 saturated carbocycles. The summed E-state index contributed by atoms with van der Waals surface area (Å²) >= 11 is 0. The molecule has 2 N–H and O–H groups in total. The summed E-state index contributed by atoms with van der Waals surface area (Å²) in [6.07, 6.45) is 2.10. The molecule has 0 atom stereocenters. The van der Waals surface area contributed by atoms with Gasteiger partial charge in [0.1, 0.15) is 0 Å². The van der Waals surface area contributed by atoms with Gasteiger partial charge in [-0.25, -0.2) is 0 Å². The van der Waals surface area contributed by atoms with Crippen molar-refractivity contribution in [3.63, 3.8) is 0 Å². The van der Waals surface area contributed by atoms with Crippen LogP contribution < -0.4 is 10.6 Å². The van der Waals surface area contributed by atoms with Crippen LogP contribution in [0.2, 0.25) is 0 Å². The van der Waals surface area contributed by atoms with E-state index in [-0.39, 0.29) is 36.2 Å². The van der Waals surface area contributed by atoms with Crippen molar-refractivity contribution in [2.75, 3.05) is 26.2 Å². The van der Waals surface area contributed by atoms with Crippen LogP contribution in [0.4, 0.5) is 0 Å². The summed E-state index contributed by atoms with van der Waals surface area (Å²) in [6, 6.07) is 0. The van der Waals surface area contributed by atoms with Gasteiger partial charge in [0.05, 0.1) is 13.1 Å². The normalized spacial score (nSPS) is 11.3. The number of hydrogen-bond donors (Lipinski definition) is 2. The van der Waals surface area contributed by atoms with Gasteiger partial charge in [0.25, 0.3) is 0 Å². The third-order valence-electron chi connectivity index (χ3n) is 3.61. The summed E-state index contributed by atoms with van der Waals surface area (Å²) in [5, 5.41) is 5.37. The summed E-state index contributed by atoms with van der Waals surface area (Å²) in [6.45, 7) is 13.4. The zero-order chi connectivity index (χ0) is 18.8. The Labute approximate surface area is 146 Å². The first-order chi connectivity index (χ1) is 11.0. The van der Waals surface area contributed by atoms with E-state index >= 15 is 0 Å². The molecule has 0 heterocycles. The molecule has 0 aliphatic heterocycles. The molecule has 0 rings (SSSR count). The van der Waals surface area contributed by atoms with Gasteiger partial charge in [-0.1, -0.05) is 41.5 Å². The number of amides is 3. The Hall–Kier alpha value is -1.59. The molecular formula is C18H35N3O3. The number of carbonyl (C=O) groups excluding carboxylic acids is 3. The smallest absolute Gasteiger partial charge is 0.240 e. The molecule has 0 aliphatic rings. The Bertz CT molecular complexity index is 414. The molecule has 3 amide bonds. The van der Waals surface area contributed by atoms with Crippen molar-refractivity contribution in [1.82, 2.24) is 15.5 Å². The highest BCUT2D eigenvalue weighted by molar-refractivity contribution is 5.88. The van der Waals surface area contributed by atoms with Gasteiger partial charge >= 0.3 is 0 Å². The average molecular weight is 341 g/mol. The molecule has 0 aliphatic carbocycles. The van der Waals surface area contributed by atoms with Gasteiger partial charge in [-0.05, 0) is 24.2 Å². The minimum Gasteiger partial charge on any atom is -0.355 e. The number of nitrogens with zero attached hydrogens (tertiary/aromatic N) is 1. The fourth-order valence-corrected chi connectivity index (χ4v) is 1.98. The number of hydrogen-bond acceptors (Lipinski definition) is 3. The van der Waals surface area contributed by atoms with Gasteiger partial charge in [0, 0.05) is 19.5 Å². The van der Waals surface area contributed by atoms with Gasteiger partial charge in [0.15, 0.2) is 0 Å². The molecule has 0 aromatic rings. The maximum absolute atomic E-state index is 12.0. The Balaban J connectivity index is 4.19. The van der Waals surface area contributed by atoms with Gasteiger partial charge in [-0.2, -0.15) is 0 Å². The predicted molar refractivity (Wildman–Crippen MR) is 96.4 cm³/mol. The van der Waals surface area contributed by atoms with E-state index < -0.39 is 0 Å². The molecule has 0 fully saturated rings. The van der Waals surface area contributed by atoms with Crippen LogP contribution in [0, 0.1) is 11.3 Å². The van der Waals surface area contributed by atoms with E-state index in [9.17, 15) is 14.4 Å². The highest BCUT2D eigenvalue weighted by Crippen LogP contribution is 2.16. The van der Waals surface area contributed by atoms with Crippen LogP contribution >= 0.6 is 0 Å². The highest BCUT2D eigenvalue weighted by atomic mass is 16.2. The third-order valence-corrected chi connectivity index (χ3v) is 3.61. The van der Waals surface area contributed by atoms with E-state index in [0.29, 0.717) is 25.4 Å². The lowest BCUT2D eigenvalue weighted by Crippen LogP contribution is -2.44. The number of rotatable bonds is 10. The molecule has 0 unspecified atom stereocenters. The molecule has 0 aromatic heterocycles. The van der Waals surface area contributed by atoms with Gasteiger partial charge in [0.2, 0.25) is 17.7 Å². The molecular weight excluding hydrogens is 306 g/mol. The molecule has 24 heavy (non-hydrogen) atoms. The van der Waals surface area contributed by atoms with E-state index in [1.54, 1.807) is 11.8 Å². The zero-order valence-corrected chi connectivity index (χ0v) is 16.2. The first-order valence-corrected chi connectivity index (χ1v) is 8.86. The summed E-state index contributed by atoms with van der Waals surface area (Å²) in [4.78, 5) is 37.2. The van der Waals surface area contributed by atoms with E-state index in [4.69, 9.17) is 0 Å². The van der Waals surface area contributed by atoms with Crippen molar-refractivity contribution in [1.29, 1.82) is 0 Å². The lowest BCUT2D eigenvalue weighted by Gasteiger charge is -2.22. The Morgan fingerprint density at radius 3 is 2.17 bits per heavy atom. The van der Waals surface area contributed by atoms with Gasteiger partial charge < -0.3 is 15.5 Å². The summed E-state index contributed by atoms with van der Waals surface area (Å²) in [5.41, 5.74) is 0.161. The van der Waals surface area contributed by atoms with Crippen LogP contribution in [0.3, 0.4) is 0 Å².